The summed E-state index contributed by atoms with van der Waals surface area (Å²) in [5, 5.41) is 12.3. The van der Waals surface area contributed by atoms with E-state index in [1.165, 1.54) is 17.3 Å². The predicted octanol–water partition coefficient (Wildman–Crippen LogP) is 2.20. The van der Waals surface area contributed by atoms with E-state index in [4.69, 9.17) is 4.42 Å². The van der Waals surface area contributed by atoms with E-state index in [0.717, 1.165) is 5.03 Å². The standard InChI is InChI=1S/C11H14N4OS/c1-7(12-3)9-4-5-13-10(6-9)17-11-15-14-8(2)16-11/h4-7,12H,1-3H3. The Morgan fingerprint density at radius 3 is 2.88 bits per heavy atom. The smallest absolute Gasteiger partial charge is 0.282 e. The lowest BCUT2D eigenvalue weighted by Gasteiger charge is -2.10. The summed E-state index contributed by atoms with van der Waals surface area (Å²) in [6, 6.07) is 4.30. The molecule has 17 heavy (non-hydrogen) atoms. The molecule has 5 nitrogen and oxygen atoms in total. The van der Waals surface area contributed by atoms with Crippen molar-refractivity contribution >= 4 is 11.8 Å². The number of rotatable bonds is 4. The molecule has 0 amide bonds. The summed E-state index contributed by atoms with van der Waals surface area (Å²) in [5.74, 6) is 0.562. The molecule has 1 atom stereocenters. The van der Waals surface area contributed by atoms with Gasteiger partial charge >= 0.3 is 0 Å². The molecule has 0 aliphatic rings. The van der Waals surface area contributed by atoms with Gasteiger partial charge in [0.1, 0.15) is 5.03 Å². The maximum absolute atomic E-state index is 5.30. The van der Waals surface area contributed by atoms with E-state index >= 15 is 0 Å². The number of aryl methyl sites for hydroxylation is 1. The molecule has 2 aromatic heterocycles. The lowest BCUT2D eigenvalue weighted by Crippen LogP contribution is -2.12. The van der Waals surface area contributed by atoms with Crippen LogP contribution >= 0.6 is 11.8 Å². The number of aromatic nitrogens is 3. The van der Waals surface area contributed by atoms with E-state index in [0.29, 0.717) is 17.2 Å². The van der Waals surface area contributed by atoms with E-state index in [9.17, 15) is 0 Å². The third kappa shape index (κ3) is 3.04. The average Bonchev–Trinajstić information content (AvgIpc) is 2.74. The van der Waals surface area contributed by atoms with Crippen molar-refractivity contribution in [1.82, 2.24) is 20.5 Å². The van der Waals surface area contributed by atoms with Crippen molar-refractivity contribution in [2.45, 2.75) is 30.1 Å². The number of pyridine rings is 1. The van der Waals surface area contributed by atoms with E-state index < -0.39 is 0 Å². The largest absolute Gasteiger partial charge is 0.416 e. The lowest BCUT2D eigenvalue weighted by atomic mass is 10.1. The first-order valence-electron chi connectivity index (χ1n) is 5.30. The van der Waals surface area contributed by atoms with Gasteiger partial charge < -0.3 is 9.73 Å². The van der Waals surface area contributed by atoms with E-state index in [-0.39, 0.29) is 0 Å². The second kappa shape index (κ2) is 5.29. The highest BCUT2D eigenvalue weighted by Gasteiger charge is 2.08. The lowest BCUT2D eigenvalue weighted by molar-refractivity contribution is 0.429. The van der Waals surface area contributed by atoms with Gasteiger partial charge in [-0.1, -0.05) is 0 Å². The fourth-order valence-corrected chi connectivity index (χ4v) is 2.06. The van der Waals surface area contributed by atoms with Crippen molar-refractivity contribution in [1.29, 1.82) is 0 Å². The van der Waals surface area contributed by atoms with Gasteiger partial charge in [0.15, 0.2) is 0 Å². The Bertz CT molecular complexity index is 500. The normalized spacial score (nSPS) is 12.6. The van der Waals surface area contributed by atoms with Crippen LogP contribution in [0.25, 0.3) is 0 Å². The van der Waals surface area contributed by atoms with E-state index in [1.54, 1.807) is 13.1 Å². The van der Waals surface area contributed by atoms with Gasteiger partial charge in [0, 0.05) is 19.2 Å². The van der Waals surface area contributed by atoms with Crippen LogP contribution in [0, 0.1) is 6.92 Å². The molecule has 0 spiro atoms. The molecule has 0 bridgehead atoms. The van der Waals surface area contributed by atoms with Crippen molar-refractivity contribution in [2.24, 2.45) is 0 Å². The predicted molar refractivity (Wildman–Crippen MR) is 64.9 cm³/mol. The zero-order chi connectivity index (χ0) is 12.3. The molecule has 0 aliphatic carbocycles. The number of hydrogen-bond donors (Lipinski definition) is 1. The highest BCUT2D eigenvalue weighted by molar-refractivity contribution is 7.99. The summed E-state index contributed by atoms with van der Waals surface area (Å²) >= 11 is 1.37. The second-order valence-electron chi connectivity index (χ2n) is 3.63. The Labute approximate surface area is 104 Å². The molecule has 2 heterocycles. The van der Waals surface area contributed by atoms with Crippen molar-refractivity contribution in [3.63, 3.8) is 0 Å². The summed E-state index contributed by atoms with van der Waals surface area (Å²) in [4.78, 5) is 4.27. The highest BCUT2D eigenvalue weighted by Crippen LogP contribution is 2.26. The zero-order valence-electron chi connectivity index (χ0n) is 9.97. The fraction of sp³-hybridized carbons (Fsp3) is 0.364. The minimum absolute atomic E-state index is 0.293. The van der Waals surface area contributed by atoms with Gasteiger partial charge in [-0.2, -0.15) is 0 Å². The Hall–Kier alpha value is -1.40. The van der Waals surface area contributed by atoms with E-state index in [1.807, 2.05) is 19.2 Å². The number of hydrogen-bond acceptors (Lipinski definition) is 6. The molecule has 1 N–H and O–H groups in total. The summed E-state index contributed by atoms with van der Waals surface area (Å²) in [7, 11) is 1.93. The van der Waals surface area contributed by atoms with Crippen LogP contribution in [-0.4, -0.2) is 22.2 Å². The molecule has 2 aromatic rings. The summed E-state index contributed by atoms with van der Waals surface area (Å²) in [5.41, 5.74) is 1.18. The van der Waals surface area contributed by atoms with Crippen molar-refractivity contribution < 1.29 is 4.42 Å². The molecule has 1 unspecified atom stereocenters. The van der Waals surface area contributed by atoms with Gasteiger partial charge in [0.05, 0.1) is 0 Å². The van der Waals surface area contributed by atoms with Gasteiger partial charge in [-0.05, 0) is 43.4 Å². The Balaban J connectivity index is 2.16. The Kier molecular flexibility index (Phi) is 3.75. The molecule has 6 heteroatoms. The maximum Gasteiger partial charge on any atom is 0.282 e. The molecule has 2 rings (SSSR count). The third-order valence-electron chi connectivity index (χ3n) is 2.39. The first kappa shape index (κ1) is 12.1. The Morgan fingerprint density at radius 2 is 2.24 bits per heavy atom. The minimum atomic E-state index is 0.293. The second-order valence-corrected chi connectivity index (χ2v) is 4.60. The SMILES string of the molecule is CNC(C)c1ccnc(Sc2nnc(C)o2)c1. The molecule has 0 radical (unpaired) electrons. The molecular formula is C11H14N4OS. The number of nitrogens with one attached hydrogen (secondary N) is 1. The van der Waals surface area contributed by atoms with Crippen LogP contribution in [-0.2, 0) is 0 Å². The molecule has 0 fully saturated rings. The van der Waals surface area contributed by atoms with Crippen molar-refractivity contribution in [3.8, 4) is 0 Å². The van der Waals surface area contributed by atoms with Gasteiger partial charge in [-0.15, -0.1) is 10.2 Å². The van der Waals surface area contributed by atoms with Crippen LogP contribution in [0.5, 0.6) is 0 Å². The molecule has 0 saturated heterocycles. The molecule has 0 aromatic carbocycles. The number of nitrogens with zero attached hydrogens (tertiary/aromatic N) is 3. The fourth-order valence-electron chi connectivity index (χ4n) is 1.33. The van der Waals surface area contributed by atoms with Crippen molar-refractivity contribution in [3.05, 3.63) is 29.8 Å². The first-order chi connectivity index (χ1) is 8.19. The molecular weight excluding hydrogens is 236 g/mol. The van der Waals surface area contributed by atoms with Crippen molar-refractivity contribution in [2.75, 3.05) is 7.05 Å². The molecule has 0 aliphatic heterocycles. The zero-order valence-corrected chi connectivity index (χ0v) is 10.8. The topological polar surface area (TPSA) is 63.8 Å². The van der Waals surface area contributed by atoms with Crippen LogP contribution in [0.3, 0.4) is 0 Å². The monoisotopic (exact) mass is 250 g/mol. The van der Waals surface area contributed by atoms with Crippen LogP contribution in [0.1, 0.15) is 24.4 Å². The Morgan fingerprint density at radius 1 is 1.41 bits per heavy atom. The van der Waals surface area contributed by atoms with Crippen LogP contribution < -0.4 is 5.32 Å². The highest BCUT2D eigenvalue weighted by atomic mass is 32.2. The third-order valence-corrected chi connectivity index (χ3v) is 3.16. The maximum atomic E-state index is 5.30. The van der Waals surface area contributed by atoms with Crippen LogP contribution in [0.2, 0.25) is 0 Å². The molecule has 90 valence electrons. The van der Waals surface area contributed by atoms with Gasteiger partial charge in [-0.25, -0.2) is 4.98 Å². The average molecular weight is 250 g/mol. The molecule has 0 saturated carbocycles. The summed E-state index contributed by atoms with van der Waals surface area (Å²) in [6.07, 6.45) is 1.79. The minimum Gasteiger partial charge on any atom is -0.416 e. The van der Waals surface area contributed by atoms with Gasteiger partial charge in [0.2, 0.25) is 5.89 Å². The van der Waals surface area contributed by atoms with Crippen LogP contribution in [0.4, 0.5) is 0 Å². The summed E-state index contributed by atoms with van der Waals surface area (Å²) < 4.78 is 5.30. The van der Waals surface area contributed by atoms with E-state index in [2.05, 4.69) is 27.4 Å². The van der Waals surface area contributed by atoms with Gasteiger partial charge in [0.25, 0.3) is 5.22 Å². The first-order valence-corrected chi connectivity index (χ1v) is 6.12. The summed E-state index contributed by atoms with van der Waals surface area (Å²) in [6.45, 7) is 3.87. The van der Waals surface area contributed by atoms with Gasteiger partial charge in [-0.3, -0.25) is 0 Å². The van der Waals surface area contributed by atoms with Crippen LogP contribution in [0.15, 0.2) is 33.0 Å². The quantitative estimate of drug-likeness (QED) is 0.897.